The summed E-state index contributed by atoms with van der Waals surface area (Å²) < 4.78 is 11.2. The Morgan fingerprint density at radius 2 is 1.62 bits per heavy atom. The van der Waals surface area contributed by atoms with Crippen molar-refractivity contribution in [2.24, 2.45) is 17.6 Å². The number of nitrogens with one attached hydrogen (secondary N) is 1. The van der Waals surface area contributed by atoms with Gasteiger partial charge in [-0.2, -0.15) is 0 Å². The number of nitrogens with zero attached hydrogens (tertiary/aromatic N) is 4. The molecule has 3 heterocycles. The van der Waals surface area contributed by atoms with Crippen molar-refractivity contribution in [3.63, 3.8) is 0 Å². The third-order valence-electron chi connectivity index (χ3n) is 8.35. The number of aliphatic carboxylic acids is 1. The van der Waals surface area contributed by atoms with Gasteiger partial charge in [-0.25, -0.2) is 19.3 Å². The zero-order valence-corrected chi connectivity index (χ0v) is 22.6. The smallest absolute Gasteiger partial charge is 0.409 e. The molecule has 13 heteroatoms. The minimum Gasteiger partial charge on any atom is -0.480 e. The lowest BCUT2D eigenvalue weighted by Gasteiger charge is -2.47. The van der Waals surface area contributed by atoms with Crippen LogP contribution in [-0.4, -0.2) is 119 Å². The second-order valence-corrected chi connectivity index (χ2v) is 11.0. The summed E-state index contributed by atoms with van der Waals surface area (Å²) in [7, 11) is 0. The second-order valence-electron chi connectivity index (χ2n) is 11.0. The summed E-state index contributed by atoms with van der Waals surface area (Å²) >= 11 is 0. The molecule has 2 unspecified atom stereocenters. The number of imide groups is 1. The first-order valence-electron chi connectivity index (χ1n) is 14.2. The fourth-order valence-corrected chi connectivity index (χ4v) is 6.13. The number of ether oxygens (including phenoxy) is 2. The molecule has 4 aliphatic rings. The number of piperidine rings is 1. The van der Waals surface area contributed by atoms with Crippen molar-refractivity contribution < 1.29 is 33.8 Å². The average Bonchev–Trinajstić information content (AvgIpc) is 2.94. The van der Waals surface area contributed by atoms with E-state index in [4.69, 9.17) is 20.6 Å². The highest BCUT2D eigenvalue weighted by Gasteiger charge is 2.56. The standard InChI is InChI=1S/C26H42N6O7/c27-24(28)31-9-4-6-18(17-31)16-20-21(23(34)35)32(22(20)33)25(36)29-10-12-30(13-11-29)26(37)39-15-5-14-38-19-7-2-1-3-8-19/h18-21H,1-17H2,(H3,27,28)(H,34,35)/t18?,20-,21?/m1/s1. The molecule has 1 aliphatic carbocycles. The number of likely N-dealkylation sites (tertiary alicyclic amines) is 2. The molecule has 0 radical (unpaired) electrons. The molecule has 3 aliphatic heterocycles. The van der Waals surface area contributed by atoms with Crippen LogP contribution in [0.4, 0.5) is 9.59 Å². The van der Waals surface area contributed by atoms with E-state index in [1.54, 1.807) is 4.90 Å². The molecule has 1 saturated carbocycles. The van der Waals surface area contributed by atoms with Gasteiger partial charge in [0.2, 0.25) is 5.91 Å². The highest BCUT2D eigenvalue weighted by molar-refractivity contribution is 6.07. The maximum absolute atomic E-state index is 13.1. The van der Waals surface area contributed by atoms with E-state index in [0.717, 1.165) is 30.6 Å². The van der Waals surface area contributed by atoms with Crippen LogP contribution in [0.5, 0.6) is 0 Å². The van der Waals surface area contributed by atoms with Gasteiger partial charge in [-0.05, 0) is 38.0 Å². The Kier molecular flexibility index (Phi) is 9.87. The molecule has 0 aromatic rings. The van der Waals surface area contributed by atoms with Crippen LogP contribution in [0.15, 0.2) is 0 Å². The van der Waals surface area contributed by atoms with Gasteiger partial charge >= 0.3 is 18.1 Å². The van der Waals surface area contributed by atoms with Crippen molar-refractivity contribution >= 4 is 30.0 Å². The van der Waals surface area contributed by atoms with E-state index in [1.807, 2.05) is 0 Å². The molecule has 3 saturated heterocycles. The minimum atomic E-state index is -1.21. The van der Waals surface area contributed by atoms with Gasteiger partial charge < -0.3 is 35.0 Å². The largest absolute Gasteiger partial charge is 0.480 e. The maximum Gasteiger partial charge on any atom is 0.409 e. The number of hydrogen-bond acceptors (Lipinski definition) is 7. The predicted molar refractivity (Wildman–Crippen MR) is 140 cm³/mol. The number of carboxylic acid groups (broad SMARTS) is 1. The first-order valence-corrected chi connectivity index (χ1v) is 14.2. The molecule has 0 aromatic heterocycles. The number of hydrogen-bond donors (Lipinski definition) is 3. The lowest BCUT2D eigenvalue weighted by molar-refractivity contribution is -0.167. The monoisotopic (exact) mass is 550 g/mol. The topological polar surface area (TPSA) is 170 Å². The molecule has 0 spiro atoms. The van der Waals surface area contributed by atoms with Crippen LogP contribution in [0.3, 0.4) is 0 Å². The van der Waals surface area contributed by atoms with Crippen LogP contribution in [0.1, 0.15) is 57.8 Å². The lowest BCUT2D eigenvalue weighted by Crippen LogP contribution is -2.70. The van der Waals surface area contributed by atoms with Gasteiger partial charge in [-0.3, -0.25) is 10.2 Å². The van der Waals surface area contributed by atoms with Gasteiger partial charge in [0.1, 0.15) is 0 Å². The number of amides is 4. The van der Waals surface area contributed by atoms with E-state index in [-0.39, 0.29) is 44.7 Å². The Balaban J connectivity index is 1.19. The summed E-state index contributed by atoms with van der Waals surface area (Å²) in [5, 5.41) is 17.5. The highest BCUT2D eigenvalue weighted by Crippen LogP contribution is 2.36. The molecule has 218 valence electrons. The molecule has 4 N–H and O–H groups in total. The van der Waals surface area contributed by atoms with Gasteiger partial charge in [0.05, 0.1) is 25.2 Å². The van der Waals surface area contributed by atoms with Gasteiger partial charge in [-0.15, -0.1) is 0 Å². The molecule has 4 amide bonds. The predicted octanol–water partition coefficient (Wildman–Crippen LogP) is 1.51. The van der Waals surface area contributed by atoms with E-state index >= 15 is 0 Å². The SMILES string of the molecule is N=C(N)N1CCCC(C[C@H]2C(=O)N(C(=O)N3CCN(C(=O)OCCCOC4CCCCC4)CC3)C2C(=O)O)C1. The fraction of sp³-hybridized carbons (Fsp3) is 0.808. The first kappa shape index (κ1) is 28.9. The Morgan fingerprint density at radius 1 is 0.923 bits per heavy atom. The summed E-state index contributed by atoms with van der Waals surface area (Å²) in [6, 6.07) is -1.85. The zero-order chi connectivity index (χ0) is 27.9. The Bertz CT molecular complexity index is 918. The molecule has 4 rings (SSSR count). The number of carbonyl (C=O) groups excluding carboxylic acids is 3. The van der Waals surface area contributed by atoms with E-state index in [9.17, 15) is 24.3 Å². The molecule has 0 aromatic carbocycles. The third kappa shape index (κ3) is 7.11. The number of guanidine groups is 1. The first-order chi connectivity index (χ1) is 18.8. The molecule has 4 fully saturated rings. The van der Waals surface area contributed by atoms with E-state index in [1.165, 1.54) is 29.1 Å². The molecular weight excluding hydrogens is 508 g/mol. The van der Waals surface area contributed by atoms with Crippen molar-refractivity contribution in [1.82, 2.24) is 19.6 Å². The molecule has 3 atom stereocenters. The van der Waals surface area contributed by atoms with Crippen LogP contribution in [-0.2, 0) is 19.1 Å². The fourth-order valence-electron chi connectivity index (χ4n) is 6.13. The zero-order valence-electron chi connectivity index (χ0n) is 22.6. The Hall–Kier alpha value is -3.09. The number of piperazine rings is 1. The maximum atomic E-state index is 13.1. The van der Waals surface area contributed by atoms with Gasteiger partial charge in [-0.1, -0.05) is 19.3 Å². The second kappa shape index (κ2) is 13.3. The number of carboxylic acids is 1. The van der Waals surface area contributed by atoms with Crippen LogP contribution in [0.2, 0.25) is 0 Å². The van der Waals surface area contributed by atoms with E-state index in [0.29, 0.717) is 38.6 Å². The average molecular weight is 551 g/mol. The van der Waals surface area contributed by atoms with E-state index < -0.39 is 36.0 Å². The molecule has 13 nitrogen and oxygen atoms in total. The summed E-state index contributed by atoms with van der Waals surface area (Å²) in [4.78, 5) is 56.0. The van der Waals surface area contributed by atoms with Crippen LogP contribution in [0, 0.1) is 17.2 Å². The van der Waals surface area contributed by atoms with Crippen molar-refractivity contribution in [3.8, 4) is 0 Å². The Labute approximate surface area is 229 Å². The quantitative estimate of drug-likeness (QED) is 0.175. The molecule has 39 heavy (non-hydrogen) atoms. The number of urea groups is 1. The minimum absolute atomic E-state index is 0.0297. The number of nitrogens with two attached hydrogens (primary N) is 1. The van der Waals surface area contributed by atoms with Crippen molar-refractivity contribution in [2.45, 2.75) is 69.9 Å². The van der Waals surface area contributed by atoms with E-state index in [2.05, 4.69) is 0 Å². The van der Waals surface area contributed by atoms with Crippen LogP contribution in [0.25, 0.3) is 0 Å². The highest BCUT2D eigenvalue weighted by atomic mass is 16.6. The third-order valence-corrected chi connectivity index (χ3v) is 8.35. The molecular formula is C26H42N6O7. The van der Waals surface area contributed by atoms with Gasteiger partial charge in [0.25, 0.3) is 0 Å². The van der Waals surface area contributed by atoms with Crippen molar-refractivity contribution in [3.05, 3.63) is 0 Å². The normalized spacial score (nSPS) is 26.3. The number of β-lactam (4-membered cyclic amide) rings is 1. The summed E-state index contributed by atoms with van der Waals surface area (Å²) in [5.41, 5.74) is 5.60. The summed E-state index contributed by atoms with van der Waals surface area (Å²) in [6.45, 7) is 2.87. The Morgan fingerprint density at radius 3 is 2.28 bits per heavy atom. The lowest BCUT2D eigenvalue weighted by atomic mass is 9.78. The summed E-state index contributed by atoms with van der Waals surface area (Å²) in [6.07, 6.45) is 8.35. The van der Waals surface area contributed by atoms with Gasteiger partial charge in [0.15, 0.2) is 12.0 Å². The van der Waals surface area contributed by atoms with Crippen molar-refractivity contribution in [1.29, 1.82) is 5.41 Å². The van der Waals surface area contributed by atoms with Crippen LogP contribution >= 0.6 is 0 Å². The number of rotatable bonds is 8. The summed E-state index contributed by atoms with van der Waals surface area (Å²) in [5.74, 6) is -2.46. The number of carbonyl (C=O) groups is 4. The van der Waals surface area contributed by atoms with Crippen molar-refractivity contribution in [2.75, 3.05) is 52.5 Å². The van der Waals surface area contributed by atoms with Crippen LogP contribution < -0.4 is 5.73 Å². The molecule has 0 bridgehead atoms. The van der Waals surface area contributed by atoms with Gasteiger partial charge in [0, 0.05) is 45.7 Å².